The number of ether oxygens (including phenoxy) is 1. The Balaban J connectivity index is 2.23. The van der Waals surface area contributed by atoms with Crippen LogP contribution in [-0.4, -0.2) is 38.0 Å². The molecule has 8 heteroatoms. The summed E-state index contributed by atoms with van der Waals surface area (Å²) in [7, 11) is -1.54. The van der Waals surface area contributed by atoms with Gasteiger partial charge in [0, 0.05) is 18.2 Å². The van der Waals surface area contributed by atoms with Crippen LogP contribution in [0.25, 0.3) is 0 Å². The summed E-state index contributed by atoms with van der Waals surface area (Å²) in [5, 5.41) is 13.7. The molecule has 1 aromatic carbocycles. The van der Waals surface area contributed by atoms with Crippen molar-refractivity contribution in [1.82, 2.24) is 0 Å². The summed E-state index contributed by atoms with van der Waals surface area (Å²) in [5.41, 5.74) is 0.378. The van der Waals surface area contributed by atoms with Crippen LogP contribution < -0.4 is 10.1 Å². The lowest BCUT2D eigenvalue weighted by Crippen LogP contribution is -2.20. The maximum atomic E-state index is 11.4. The topological polar surface area (TPSA) is 98.5 Å². The fraction of sp³-hybridized carbons (Fsp3) is 0.455. The van der Waals surface area contributed by atoms with Crippen molar-refractivity contribution in [3.63, 3.8) is 0 Å². The first-order valence-electron chi connectivity index (χ1n) is 5.71. The van der Waals surface area contributed by atoms with E-state index >= 15 is 0 Å². The first-order valence-corrected chi connectivity index (χ1v) is 7.53. The fourth-order valence-corrected chi connectivity index (χ4v) is 3.72. The second-order valence-electron chi connectivity index (χ2n) is 4.39. The van der Waals surface area contributed by atoms with Gasteiger partial charge in [0.1, 0.15) is 5.75 Å². The van der Waals surface area contributed by atoms with Gasteiger partial charge in [-0.25, -0.2) is 8.42 Å². The Morgan fingerprint density at radius 2 is 2.21 bits per heavy atom. The third-order valence-corrected chi connectivity index (χ3v) is 4.75. The Kier molecular flexibility index (Phi) is 3.61. The summed E-state index contributed by atoms with van der Waals surface area (Å²) in [6.45, 7) is 0. The number of hydrogen-bond acceptors (Lipinski definition) is 6. The van der Waals surface area contributed by atoms with Crippen molar-refractivity contribution in [3.05, 3.63) is 28.3 Å². The summed E-state index contributed by atoms with van der Waals surface area (Å²) in [4.78, 5) is 10.2. The molecule has 19 heavy (non-hydrogen) atoms. The first kappa shape index (κ1) is 13.6. The minimum atomic E-state index is -3.00. The number of anilines is 1. The predicted octanol–water partition coefficient (Wildman–Crippen LogP) is 1.20. The quantitative estimate of drug-likeness (QED) is 0.659. The van der Waals surface area contributed by atoms with Crippen LogP contribution >= 0.6 is 0 Å². The molecular formula is C11H14N2O5S. The molecule has 1 saturated heterocycles. The van der Waals surface area contributed by atoms with Crippen molar-refractivity contribution in [3.8, 4) is 5.75 Å². The van der Waals surface area contributed by atoms with Crippen molar-refractivity contribution in [2.75, 3.05) is 23.9 Å². The molecule has 1 aromatic rings. The zero-order valence-electron chi connectivity index (χ0n) is 10.3. The molecule has 0 aliphatic carbocycles. The molecule has 1 atom stereocenters. The lowest BCUT2D eigenvalue weighted by molar-refractivity contribution is -0.384. The van der Waals surface area contributed by atoms with E-state index in [2.05, 4.69) is 5.32 Å². The highest BCUT2D eigenvalue weighted by molar-refractivity contribution is 7.91. The normalized spacial score (nSPS) is 21.0. The molecule has 104 valence electrons. The van der Waals surface area contributed by atoms with Crippen molar-refractivity contribution in [1.29, 1.82) is 0 Å². The summed E-state index contributed by atoms with van der Waals surface area (Å²) in [6, 6.07) is 3.95. The molecule has 1 aliphatic heterocycles. The van der Waals surface area contributed by atoms with Crippen LogP contribution in [0, 0.1) is 10.1 Å². The highest BCUT2D eigenvalue weighted by atomic mass is 32.2. The minimum Gasteiger partial charge on any atom is -0.495 e. The monoisotopic (exact) mass is 286 g/mol. The molecule has 7 nitrogen and oxygen atoms in total. The number of sulfone groups is 1. The summed E-state index contributed by atoms with van der Waals surface area (Å²) >= 11 is 0. The zero-order chi connectivity index (χ0) is 14.0. The smallest absolute Gasteiger partial charge is 0.271 e. The van der Waals surface area contributed by atoms with Gasteiger partial charge in [-0.3, -0.25) is 10.1 Å². The summed E-state index contributed by atoms with van der Waals surface area (Å²) < 4.78 is 27.9. The Bertz CT molecular complexity index is 599. The molecule has 1 heterocycles. The second kappa shape index (κ2) is 5.04. The van der Waals surface area contributed by atoms with E-state index in [0.717, 1.165) is 0 Å². The average Bonchev–Trinajstić information content (AvgIpc) is 2.68. The van der Waals surface area contributed by atoms with E-state index in [9.17, 15) is 18.5 Å². The van der Waals surface area contributed by atoms with E-state index in [1.807, 2.05) is 0 Å². The zero-order valence-corrected chi connectivity index (χ0v) is 11.1. The molecule has 2 rings (SSSR count). The van der Waals surface area contributed by atoms with E-state index in [1.54, 1.807) is 0 Å². The van der Waals surface area contributed by atoms with Crippen molar-refractivity contribution in [2.45, 2.75) is 12.5 Å². The van der Waals surface area contributed by atoms with Gasteiger partial charge in [0.2, 0.25) is 0 Å². The van der Waals surface area contributed by atoms with Gasteiger partial charge in [0.05, 0.1) is 29.2 Å². The lowest BCUT2D eigenvalue weighted by atomic mass is 10.2. The highest BCUT2D eigenvalue weighted by Gasteiger charge is 2.28. The maximum Gasteiger partial charge on any atom is 0.271 e. The standard InChI is InChI=1S/C11H14N2O5S/c1-18-11-3-2-9(13(14)15)6-10(11)12-8-4-5-19(16,17)7-8/h2-3,6,8,12H,4-5,7H2,1H3. The Morgan fingerprint density at radius 3 is 2.74 bits per heavy atom. The lowest BCUT2D eigenvalue weighted by Gasteiger charge is -2.15. The molecule has 1 unspecified atom stereocenters. The van der Waals surface area contributed by atoms with Gasteiger partial charge in [0.15, 0.2) is 9.84 Å². The number of hydrogen-bond donors (Lipinski definition) is 1. The van der Waals surface area contributed by atoms with Gasteiger partial charge >= 0.3 is 0 Å². The molecule has 1 N–H and O–H groups in total. The second-order valence-corrected chi connectivity index (χ2v) is 6.61. The van der Waals surface area contributed by atoms with Crippen LogP contribution in [-0.2, 0) is 9.84 Å². The van der Waals surface area contributed by atoms with Gasteiger partial charge in [-0.15, -0.1) is 0 Å². The van der Waals surface area contributed by atoms with Crippen molar-refractivity contribution < 1.29 is 18.1 Å². The van der Waals surface area contributed by atoms with E-state index in [0.29, 0.717) is 17.9 Å². The number of non-ortho nitro benzene ring substituents is 1. The summed E-state index contributed by atoms with van der Waals surface area (Å²) in [6.07, 6.45) is 0.494. The Hall–Kier alpha value is -1.83. The van der Waals surface area contributed by atoms with E-state index < -0.39 is 14.8 Å². The molecule has 0 bridgehead atoms. The molecular weight excluding hydrogens is 272 g/mol. The predicted molar refractivity (Wildman–Crippen MR) is 70.3 cm³/mol. The minimum absolute atomic E-state index is 0.0405. The molecule has 0 aromatic heterocycles. The third-order valence-electron chi connectivity index (χ3n) is 2.99. The molecule has 0 radical (unpaired) electrons. The Labute approximate surface area is 110 Å². The number of nitrogens with one attached hydrogen (secondary N) is 1. The molecule has 1 fully saturated rings. The summed E-state index contributed by atoms with van der Waals surface area (Å²) in [5.74, 6) is 0.635. The molecule has 0 amide bonds. The van der Waals surface area contributed by atoms with E-state index in [-0.39, 0.29) is 23.2 Å². The highest BCUT2D eigenvalue weighted by Crippen LogP contribution is 2.30. The van der Waals surface area contributed by atoms with E-state index in [1.165, 1.54) is 25.3 Å². The van der Waals surface area contributed by atoms with Crippen LogP contribution in [0.2, 0.25) is 0 Å². The number of methoxy groups -OCH3 is 1. The molecule has 0 spiro atoms. The van der Waals surface area contributed by atoms with Gasteiger partial charge in [-0.1, -0.05) is 0 Å². The van der Waals surface area contributed by atoms with Gasteiger partial charge in [0.25, 0.3) is 5.69 Å². The average molecular weight is 286 g/mol. The van der Waals surface area contributed by atoms with Gasteiger partial charge in [-0.05, 0) is 12.5 Å². The molecule has 1 aliphatic rings. The van der Waals surface area contributed by atoms with Crippen LogP contribution in [0.3, 0.4) is 0 Å². The number of nitro groups is 1. The number of rotatable bonds is 4. The van der Waals surface area contributed by atoms with Crippen molar-refractivity contribution >= 4 is 21.2 Å². The van der Waals surface area contributed by atoms with Gasteiger partial charge in [-0.2, -0.15) is 0 Å². The largest absolute Gasteiger partial charge is 0.495 e. The fourth-order valence-electron chi connectivity index (χ4n) is 2.05. The first-order chi connectivity index (χ1) is 8.91. The van der Waals surface area contributed by atoms with Crippen LogP contribution in [0.1, 0.15) is 6.42 Å². The van der Waals surface area contributed by atoms with Gasteiger partial charge < -0.3 is 10.1 Å². The van der Waals surface area contributed by atoms with Crippen LogP contribution in [0.5, 0.6) is 5.75 Å². The molecule has 0 saturated carbocycles. The number of benzene rings is 1. The number of nitro benzene ring substituents is 1. The van der Waals surface area contributed by atoms with Crippen molar-refractivity contribution in [2.24, 2.45) is 0 Å². The maximum absolute atomic E-state index is 11.4. The SMILES string of the molecule is COc1ccc([N+](=O)[O-])cc1NC1CCS(=O)(=O)C1. The van der Waals surface area contributed by atoms with Crippen LogP contribution in [0.15, 0.2) is 18.2 Å². The van der Waals surface area contributed by atoms with Crippen LogP contribution in [0.4, 0.5) is 11.4 Å². The Morgan fingerprint density at radius 1 is 1.47 bits per heavy atom. The van der Waals surface area contributed by atoms with E-state index in [4.69, 9.17) is 4.74 Å². The third kappa shape index (κ3) is 3.14. The number of nitrogens with zero attached hydrogens (tertiary/aromatic N) is 1.